The van der Waals surface area contributed by atoms with Crippen molar-refractivity contribution in [3.05, 3.63) is 12.3 Å². The van der Waals surface area contributed by atoms with E-state index in [4.69, 9.17) is 18.9 Å². The van der Waals surface area contributed by atoms with Crippen molar-refractivity contribution >= 4 is 11.9 Å². The van der Waals surface area contributed by atoms with Gasteiger partial charge in [-0.25, -0.2) is 0 Å². The third-order valence-corrected chi connectivity index (χ3v) is 3.51. The van der Waals surface area contributed by atoms with E-state index in [1.807, 2.05) is 20.8 Å². The minimum absolute atomic E-state index is 0.203. The molecule has 1 aliphatic heterocycles. The van der Waals surface area contributed by atoms with Gasteiger partial charge < -0.3 is 18.9 Å². The summed E-state index contributed by atoms with van der Waals surface area (Å²) in [6.07, 6.45) is -1.25. The van der Waals surface area contributed by atoms with Crippen molar-refractivity contribution in [2.24, 2.45) is 5.41 Å². The molecule has 1 aliphatic rings. The van der Waals surface area contributed by atoms with Crippen LogP contribution in [0.4, 0.5) is 0 Å². The fourth-order valence-electron chi connectivity index (χ4n) is 2.67. The molecule has 1 saturated heterocycles. The predicted octanol–water partition coefficient (Wildman–Crippen LogP) is 2.60. The van der Waals surface area contributed by atoms with Gasteiger partial charge in [-0.15, -0.1) is 0 Å². The summed E-state index contributed by atoms with van der Waals surface area (Å²) in [5, 5.41) is 0. The van der Waals surface area contributed by atoms with Gasteiger partial charge in [-0.1, -0.05) is 27.4 Å². The molecular formula is C17H28O6. The first-order valence-electron chi connectivity index (χ1n) is 7.80. The van der Waals surface area contributed by atoms with Crippen molar-refractivity contribution in [2.45, 2.75) is 72.4 Å². The van der Waals surface area contributed by atoms with Crippen molar-refractivity contribution < 1.29 is 28.5 Å². The van der Waals surface area contributed by atoms with Gasteiger partial charge in [0.1, 0.15) is 12.2 Å². The van der Waals surface area contributed by atoms with Gasteiger partial charge in [0, 0.05) is 20.3 Å². The van der Waals surface area contributed by atoms with E-state index in [0.717, 1.165) is 0 Å². The smallest absolute Gasteiger partial charge is 0.303 e. The molecule has 1 heterocycles. The van der Waals surface area contributed by atoms with E-state index in [9.17, 15) is 9.59 Å². The topological polar surface area (TPSA) is 71.1 Å². The predicted molar refractivity (Wildman–Crippen MR) is 84.6 cm³/mol. The normalized spacial score (nSPS) is 27.4. The van der Waals surface area contributed by atoms with Crippen LogP contribution in [0.15, 0.2) is 12.3 Å². The highest BCUT2D eigenvalue weighted by atomic mass is 16.6. The highest BCUT2D eigenvalue weighted by Gasteiger charge is 2.52. The summed E-state index contributed by atoms with van der Waals surface area (Å²) in [7, 11) is 0. The molecule has 4 atom stereocenters. The van der Waals surface area contributed by atoms with Crippen LogP contribution in [0.25, 0.3) is 0 Å². The zero-order valence-corrected chi connectivity index (χ0v) is 14.9. The van der Waals surface area contributed by atoms with Gasteiger partial charge >= 0.3 is 11.9 Å². The van der Waals surface area contributed by atoms with E-state index in [-0.39, 0.29) is 24.1 Å². The van der Waals surface area contributed by atoms with Gasteiger partial charge in [0.05, 0.1) is 12.4 Å². The maximum Gasteiger partial charge on any atom is 0.303 e. The zero-order valence-electron chi connectivity index (χ0n) is 14.9. The Morgan fingerprint density at radius 3 is 2.09 bits per heavy atom. The van der Waals surface area contributed by atoms with Crippen LogP contribution in [0.3, 0.4) is 0 Å². The lowest BCUT2D eigenvalue weighted by molar-refractivity contribution is -0.155. The Labute approximate surface area is 138 Å². The maximum absolute atomic E-state index is 11.5. The summed E-state index contributed by atoms with van der Waals surface area (Å²) < 4.78 is 22.3. The number of rotatable bonds is 6. The van der Waals surface area contributed by atoms with Crippen molar-refractivity contribution in [2.75, 3.05) is 6.61 Å². The number of hydrogen-bond acceptors (Lipinski definition) is 6. The van der Waals surface area contributed by atoms with Crippen molar-refractivity contribution in [1.29, 1.82) is 0 Å². The SMILES string of the molecule is C=C(C)O[C@@H]1[C@H](OC(C)=O)[C@@H](CCOC(C)=O)O[C@H]1C(C)(C)C. The van der Waals surface area contributed by atoms with Crippen LogP contribution in [-0.4, -0.2) is 43.0 Å². The van der Waals surface area contributed by atoms with Crippen LogP contribution >= 0.6 is 0 Å². The largest absolute Gasteiger partial charge is 0.489 e. The second-order valence-electron chi connectivity index (χ2n) is 6.95. The monoisotopic (exact) mass is 328 g/mol. The lowest BCUT2D eigenvalue weighted by Crippen LogP contribution is -2.42. The number of allylic oxidation sites excluding steroid dienone is 1. The van der Waals surface area contributed by atoms with Crippen molar-refractivity contribution in [3.8, 4) is 0 Å². The molecule has 1 fully saturated rings. The molecule has 1 rings (SSSR count). The van der Waals surface area contributed by atoms with Gasteiger partial charge in [-0.3, -0.25) is 9.59 Å². The third-order valence-electron chi connectivity index (χ3n) is 3.51. The van der Waals surface area contributed by atoms with E-state index in [1.54, 1.807) is 6.92 Å². The van der Waals surface area contributed by atoms with Gasteiger partial charge in [0.15, 0.2) is 12.2 Å². The molecule has 6 nitrogen and oxygen atoms in total. The molecule has 0 amide bonds. The Bertz CT molecular complexity index is 450. The van der Waals surface area contributed by atoms with E-state index in [2.05, 4.69) is 6.58 Å². The Morgan fingerprint density at radius 2 is 1.65 bits per heavy atom. The Balaban J connectivity index is 2.96. The molecule has 0 radical (unpaired) electrons. The average molecular weight is 328 g/mol. The molecule has 0 bridgehead atoms. The molecule has 0 aromatic carbocycles. The molecule has 0 spiro atoms. The molecule has 0 unspecified atom stereocenters. The standard InChI is InChI=1S/C17H28O6/c1-10(2)21-15-14(22-12(4)19)13(8-9-20-11(3)18)23-16(15)17(5,6)7/h13-16H,1,8-9H2,2-7H3/t13-,14-,15-,16-/m1/s1. The highest BCUT2D eigenvalue weighted by molar-refractivity contribution is 5.66. The summed E-state index contributed by atoms with van der Waals surface area (Å²) >= 11 is 0. The van der Waals surface area contributed by atoms with Crippen LogP contribution in [0.1, 0.15) is 48.0 Å². The number of carbonyl (C=O) groups is 2. The van der Waals surface area contributed by atoms with E-state index >= 15 is 0 Å². The van der Waals surface area contributed by atoms with Crippen LogP contribution < -0.4 is 0 Å². The third kappa shape index (κ3) is 5.86. The van der Waals surface area contributed by atoms with E-state index in [0.29, 0.717) is 12.2 Å². The first-order chi connectivity index (χ1) is 10.5. The maximum atomic E-state index is 11.5. The molecular weight excluding hydrogens is 300 g/mol. The van der Waals surface area contributed by atoms with Crippen LogP contribution in [0.5, 0.6) is 0 Å². The summed E-state index contributed by atoms with van der Waals surface area (Å²) in [4.78, 5) is 22.4. The summed E-state index contributed by atoms with van der Waals surface area (Å²) in [6, 6.07) is 0. The highest BCUT2D eigenvalue weighted by Crippen LogP contribution is 2.38. The Kier molecular flexibility index (Phi) is 6.62. The van der Waals surface area contributed by atoms with Crippen molar-refractivity contribution in [1.82, 2.24) is 0 Å². The fourth-order valence-corrected chi connectivity index (χ4v) is 2.67. The lowest BCUT2D eigenvalue weighted by Gasteiger charge is -2.32. The molecule has 0 aromatic heterocycles. The number of ether oxygens (including phenoxy) is 4. The molecule has 0 aromatic rings. The minimum Gasteiger partial charge on any atom is -0.489 e. The molecule has 0 saturated carbocycles. The lowest BCUT2D eigenvalue weighted by atomic mass is 9.85. The summed E-state index contributed by atoms with van der Waals surface area (Å²) in [5.74, 6) is -0.222. The van der Waals surface area contributed by atoms with Crippen LogP contribution in [0, 0.1) is 5.41 Å². The van der Waals surface area contributed by atoms with E-state index in [1.165, 1.54) is 13.8 Å². The van der Waals surface area contributed by atoms with Crippen LogP contribution in [-0.2, 0) is 28.5 Å². The molecule has 0 N–H and O–H groups in total. The first kappa shape index (κ1) is 19.5. The Morgan fingerprint density at radius 1 is 1.04 bits per heavy atom. The Hall–Kier alpha value is -1.56. The average Bonchev–Trinajstić information content (AvgIpc) is 2.66. The second-order valence-corrected chi connectivity index (χ2v) is 6.95. The molecule has 132 valence electrons. The second kappa shape index (κ2) is 7.81. The first-order valence-corrected chi connectivity index (χ1v) is 7.80. The fraction of sp³-hybridized carbons (Fsp3) is 0.765. The van der Waals surface area contributed by atoms with E-state index < -0.39 is 24.3 Å². The van der Waals surface area contributed by atoms with Crippen LogP contribution in [0.2, 0.25) is 0 Å². The van der Waals surface area contributed by atoms with Gasteiger partial charge in [0.2, 0.25) is 0 Å². The zero-order chi connectivity index (χ0) is 17.8. The number of esters is 2. The molecule has 0 aliphatic carbocycles. The minimum atomic E-state index is -0.566. The van der Waals surface area contributed by atoms with Gasteiger partial charge in [0.25, 0.3) is 0 Å². The number of hydrogen-bond donors (Lipinski definition) is 0. The molecule has 23 heavy (non-hydrogen) atoms. The number of carbonyl (C=O) groups excluding carboxylic acids is 2. The van der Waals surface area contributed by atoms with Crippen molar-refractivity contribution in [3.63, 3.8) is 0 Å². The van der Waals surface area contributed by atoms with Gasteiger partial charge in [-0.05, 0) is 12.3 Å². The summed E-state index contributed by atoms with van der Waals surface area (Å²) in [5.41, 5.74) is -0.214. The summed E-state index contributed by atoms with van der Waals surface area (Å²) in [6.45, 7) is 14.5. The molecule has 6 heteroatoms. The quantitative estimate of drug-likeness (QED) is 0.551. The van der Waals surface area contributed by atoms with Gasteiger partial charge in [-0.2, -0.15) is 0 Å².